The number of ether oxygens (including phenoxy) is 1. The summed E-state index contributed by atoms with van der Waals surface area (Å²) in [6.45, 7) is 1.10. The molecule has 8 nitrogen and oxygen atoms in total. The van der Waals surface area contributed by atoms with Gasteiger partial charge in [0.25, 0.3) is 11.6 Å². The Morgan fingerprint density at radius 2 is 1.95 bits per heavy atom. The molecule has 0 aromatic heterocycles. The summed E-state index contributed by atoms with van der Waals surface area (Å²) in [5, 5.41) is 21.9. The van der Waals surface area contributed by atoms with Gasteiger partial charge in [-0.3, -0.25) is 14.9 Å². The van der Waals surface area contributed by atoms with Gasteiger partial charge < -0.3 is 15.2 Å². The number of aliphatic carboxylic acids is 1. The van der Waals surface area contributed by atoms with E-state index in [1.165, 1.54) is 38.3 Å². The molecule has 0 saturated heterocycles. The van der Waals surface area contributed by atoms with Crippen LogP contribution in [0.3, 0.4) is 0 Å². The molecule has 0 aliphatic carbocycles. The van der Waals surface area contributed by atoms with Crippen molar-refractivity contribution in [2.75, 3.05) is 13.7 Å². The number of nitro benzene ring substituents is 1. The summed E-state index contributed by atoms with van der Waals surface area (Å²) in [5.41, 5.74) is -1.60. The predicted octanol–water partition coefficient (Wildman–Crippen LogP) is 0.814. The second-order valence-corrected chi connectivity index (χ2v) is 4.33. The number of hydrogen-bond acceptors (Lipinski definition) is 5. The minimum absolute atomic E-state index is 0.124. The summed E-state index contributed by atoms with van der Waals surface area (Å²) in [7, 11) is 1.32. The van der Waals surface area contributed by atoms with Crippen LogP contribution in [-0.2, 0) is 9.53 Å². The molecule has 0 fully saturated rings. The van der Waals surface area contributed by atoms with E-state index < -0.39 is 22.3 Å². The first-order chi connectivity index (χ1) is 9.30. The number of carbonyl (C=O) groups excluding carboxylic acids is 1. The maximum atomic E-state index is 11.9. The molecule has 1 aromatic rings. The van der Waals surface area contributed by atoms with Gasteiger partial charge in [-0.15, -0.1) is 0 Å². The zero-order valence-electron chi connectivity index (χ0n) is 11.0. The SMILES string of the molecule is COCC(C)(NC(=O)c1ccc([N+](=O)[O-])cc1)C(=O)O. The van der Waals surface area contributed by atoms with Crippen LogP contribution >= 0.6 is 0 Å². The quantitative estimate of drug-likeness (QED) is 0.588. The monoisotopic (exact) mass is 282 g/mol. The van der Waals surface area contributed by atoms with Crippen molar-refractivity contribution >= 4 is 17.6 Å². The van der Waals surface area contributed by atoms with E-state index in [2.05, 4.69) is 5.32 Å². The van der Waals surface area contributed by atoms with E-state index in [0.717, 1.165) is 0 Å². The van der Waals surface area contributed by atoms with Crippen LogP contribution in [0.5, 0.6) is 0 Å². The number of carboxylic acid groups (broad SMARTS) is 1. The number of hydrogen-bond donors (Lipinski definition) is 2. The van der Waals surface area contributed by atoms with Crippen LogP contribution in [-0.4, -0.2) is 41.2 Å². The molecule has 0 aliphatic rings. The lowest BCUT2D eigenvalue weighted by molar-refractivity contribution is -0.384. The minimum Gasteiger partial charge on any atom is -0.479 e. The minimum atomic E-state index is -1.58. The standard InChI is InChI=1S/C12H14N2O6/c1-12(7-20-2,11(16)17)13-10(15)8-3-5-9(6-4-8)14(18)19/h3-6H,7H2,1-2H3,(H,13,15)(H,16,17). The highest BCUT2D eigenvalue weighted by atomic mass is 16.6. The number of rotatable bonds is 6. The maximum absolute atomic E-state index is 11.9. The third kappa shape index (κ3) is 3.51. The zero-order valence-corrected chi connectivity index (χ0v) is 11.0. The third-order valence-corrected chi connectivity index (χ3v) is 2.63. The smallest absolute Gasteiger partial charge is 0.331 e. The van der Waals surface area contributed by atoms with Gasteiger partial charge in [0, 0.05) is 24.8 Å². The Balaban J connectivity index is 2.89. The Bertz CT molecular complexity index is 527. The number of carbonyl (C=O) groups is 2. The van der Waals surface area contributed by atoms with Crippen molar-refractivity contribution in [1.82, 2.24) is 5.32 Å². The first-order valence-corrected chi connectivity index (χ1v) is 5.59. The molecule has 0 heterocycles. The van der Waals surface area contributed by atoms with E-state index in [1.807, 2.05) is 0 Å². The molecule has 1 rings (SSSR count). The summed E-state index contributed by atoms with van der Waals surface area (Å²) in [4.78, 5) is 33.0. The second-order valence-electron chi connectivity index (χ2n) is 4.33. The zero-order chi connectivity index (χ0) is 15.3. The van der Waals surface area contributed by atoms with Crippen LogP contribution in [0.4, 0.5) is 5.69 Å². The second kappa shape index (κ2) is 6.11. The van der Waals surface area contributed by atoms with Gasteiger partial charge in [0.1, 0.15) is 0 Å². The predicted molar refractivity (Wildman–Crippen MR) is 68.5 cm³/mol. The average Bonchev–Trinajstić information content (AvgIpc) is 2.38. The van der Waals surface area contributed by atoms with Gasteiger partial charge in [-0.1, -0.05) is 0 Å². The lowest BCUT2D eigenvalue weighted by Crippen LogP contribution is -2.55. The maximum Gasteiger partial charge on any atom is 0.331 e. The van der Waals surface area contributed by atoms with Crippen molar-refractivity contribution in [2.24, 2.45) is 0 Å². The van der Waals surface area contributed by atoms with Gasteiger partial charge in [0.05, 0.1) is 11.5 Å². The van der Waals surface area contributed by atoms with Gasteiger partial charge in [0.2, 0.25) is 0 Å². The molecule has 0 spiro atoms. The number of nitro groups is 1. The molecule has 1 aromatic carbocycles. The van der Waals surface area contributed by atoms with Crippen LogP contribution in [0, 0.1) is 10.1 Å². The van der Waals surface area contributed by atoms with Crippen molar-refractivity contribution in [3.8, 4) is 0 Å². The van der Waals surface area contributed by atoms with Crippen molar-refractivity contribution in [1.29, 1.82) is 0 Å². The van der Waals surface area contributed by atoms with Crippen LogP contribution in [0.15, 0.2) is 24.3 Å². The lowest BCUT2D eigenvalue weighted by Gasteiger charge is -2.25. The topological polar surface area (TPSA) is 119 Å². The third-order valence-electron chi connectivity index (χ3n) is 2.63. The van der Waals surface area contributed by atoms with Crippen molar-refractivity contribution in [3.63, 3.8) is 0 Å². The molecule has 2 N–H and O–H groups in total. The summed E-state index contributed by atoms with van der Waals surface area (Å²) in [6.07, 6.45) is 0. The van der Waals surface area contributed by atoms with Crippen LogP contribution in [0.2, 0.25) is 0 Å². The van der Waals surface area contributed by atoms with E-state index >= 15 is 0 Å². The summed E-state index contributed by atoms with van der Waals surface area (Å²) < 4.78 is 4.77. The highest BCUT2D eigenvalue weighted by Crippen LogP contribution is 2.13. The molecule has 1 unspecified atom stereocenters. The molecule has 1 atom stereocenters. The van der Waals surface area contributed by atoms with Crippen molar-refractivity contribution in [3.05, 3.63) is 39.9 Å². The van der Waals surface area contributed by atoms with Gasteiger partial charge in [-0.25, -0.2) is 4.79 Å². The molecule has 0 radical (unpaired) electrons. The number of carboxylic acids is 1. The van der Waals surface area contributed by atoms with Crippen LogP contribution < -0.4 is 5.32 Å². The van der Waals surface area contributed by atoms with E-state index in [9.17, 15) is 19.7 Å². The summed E-state index contributed by atoms with van der Waals surface area (Å²) >= 11 is 0. The van der Waals surface area contributed by atoms with E-state index in [-0.39, 0.29) is 17.9 Å². The van der Waals surface area contributed by atoms with E-state index in [0.29, 0.717) is 0 Å². The number of nitrogens with one attached hydrogen (secondary N) is 1. The molecule has 8 heteroatoms. The van der Waals surface area contributed by atoms with Gasteiger partial charge in [-0.05, 0) is 19.1 Å². The molecule has 0 saturated carbocycles. The Kier molecular flexibility index (Phi) is 4.76. The number of amides is 1. The molecule has 0 bridgehead atoms. The summed E-state index contributed by atoms with van der Waals surface area (Å²) in [6, 6.07) is 4.85. The first-order valence-electron chi connectivity index (χ1n) is 5.59. The Morgan fingerprint density at radius 3 is 2.35 bits per heavy atom. The molecule has 20 heavy (non-hydrogen) atoms. The number of non-ortho nitro benzene ring substituents is 1. The van der Waals surface area contributed by atoms with Gasteiger partial charge in [0.15, 0.2) is 5.54 Å². The Morgan fingerprint density at radius 1 is 1.40 bits per heavy atom. The van der Waals surface area contributed by atoms with Crippen LogP contribution in [0.25, 0.3) is 0 Å². The molecule has 1 amide bonds. The molecular weight excluding hydrogens is 268 g/mol. The number of benzene rings is 1. The molecular formula is C12H14N2O6. The fourth-order valence-corrected chi connectivity index (χ4v) is 1.50. The normalized spacial score (nSPS) is 13.3. The van der Waals surface area contributed by atoms with Gasteiger partial charge in [-0.2, -0.15) is 0 Å². The average molecular weight is 282 g/mol. The number of methoxy groups -OCH3 is 1. The molecule has 0 aliphatic heterocycles. The first kappa shape index (κ1) is 15.6. The highest BCUT2D eigenvalue weighted by Gasteiger charge is 2.35. The van der Waals surface area contributed by atoms with Crippen molar-refractivity contribution in [2.45, 2.75) is 12.5 Å². The Labute approximate surface area is 114 Å². The van der Waals surface area contributed by atoms with Gasteiger partial charge >= 0.3 is 5.97 Å². The lowest BCUT2D eigenvalue weighted by atomic mass is 10.0. The number of nitrogens with zero attached hydrogens (tertiary/aromatic N) is 1. The molecule has 108 valence electrons. The van der Waals surface area contributed by atoms with E-state index in [1.54, 1.807) is 0 Å². The summed E-state index contributed by atoms with van der Waals surface area (Å²) in [5.74, 6) is -1.89. The van der Waals surface area contributed by atoms with Crippen LogP contribution in [0.1, 0.15) is 17.3 Å². The van der Waals surface area contributed by atoms with Crippen molar-refractivity contribution < 1.29 is 24.4 Å². The fourth-order valence-electron chi connectivity index (χ4n) is 1.50. The highest BCUT2D eigenvalue weighted by molar-refractivity contribution is 5.97. The Hall–Kier alpha value is -2.48. The largest absolute Gasteiger partial charge is 0.479 e. The fraction of sp³-hybridized carbons (Fsp3) is 0.333. The van der Waals surface area contributed by atoms with E-state index in [4.69, 9.17) is 9.84 Å².